The van der Waals surface area contributed by atoms with Crippen molar-refractivity contribution in [3.63, 3.8) is 0 Å². The van der Waals surface area contributed by atoms with Crippen LogP contribution in [-0.2, 0) is 16.1 Å². The van der Waals surface area contributed by atoms with Crippen LogP contribution in [0.3, 0.4) is 0 Å². The van der Waals surface area contributed by atoms with Crippen LogP contribution >= 0.6 is 0 Å². The predicted molar refractivity (Wildman–Crippen MR) is 127 cm³/mol. The summed E-state index contributed by atoms with van der Waals surface area (Å²) in [5, 5.41) is 15.3. The molecule has 0 saturated carbocycles. The lowest BCUT2D eigenvalue weighted by atomic mass is 10.0. The van der Waals surface area contributed by atoms with Gasteiger partial charge in [-0.25, -0.2) is 0 Å². The van der Waals surface area contributed by atoms with E-state index in [0.717, 1.165) is 5.76 Å². The zero-order valence-corrected chi connectivity index (χ0v) is 20.5. The molecular formula is C24H32N6O4. The second kappa shape index (κ2) is 10.5. The van der Waals surface area contributed by atoms with Gasteiger partial charge >= 0.3 is 0 Å². The Balaban J connectivity index is 1.94. The fourth-order valence-electron chi connectivity index (χ4n) is 3.52. The van der Waals surface area contributed by atoms with Crippen molar-refractivity contribution < 1.29 is 18.7 Å². The van der Waals surface area contributed by atoms with Crippen molar-refractivity contribution >= 4 is 17.5 Å². The van der Waals surface area contributed by atoms with Crippen LogP contribution in [-0.4, -0.2) is 50.7 Å². The minimum atomic E-state index is -0.723. The quantitative estimate of drug-likeness (QED) is 0.512. The number of benzene rings is 1. The summed E-state index contributed by atoms with van der Waals surface area (Å²) in [4.78, 5) is 29.6. The Morgan fingerprint density at radius 3 is 2.62 bits per heavy atom. The molecule has 34 heavy (non-hydrogen) atoms. The number of hydrogen-bond acceptors (Lipinski definition) is 7. The van der Waals surface area contributed by atoms with Gasteiger partial charge in [0.2, 0.25) is 11.7 Å². The molecule has 10 heteroatoms. The van der Waals surface area contributed by atoms with Crippen molar-refractivity contribution in [1.82, 2.24) is 25.5 Å². The molecule has 0 spiro atoms. The second-order valence-corrected chi connectivity index (χ2v) is 9.06. The first-order valence-electron chi connectivity index (χ1n) is 11.2. The van der Waals surface area contributed by atoms with Gasteiger partial charge in [-0.3, -0.25) is 14.5 Å². The Labute approximate surface area is 199 Å². The Kier molecular flexibility index (Phi) is 7.70. The first-order valence-corrected chi connectivity index (χ1v) is 11.2. The molecule has 0 aliphatic carbocycles. The van der Waals surface area contributed by atoms with E-state index < -0.39 is 11.6 Å². The zero-order chi connectivity index (χ0) is 24.9. The molecule has 0 aliphatic rings. The summed E-state index contributed by atoms with van der Waals surface area (Å²) in [5.41, 5.74) is 0.101. The molecule has 2 heterocycles. The van der Waals surface area contributed by atoms with Gasteiger partial charge in [-0.05, 0) is 63.6 Å². The molecule has 1 unspecified atom stereocenters. The van der Waals surface area contributed by atoms with Gasteiger partial charge in [0.05, 0.1) is 7.11 Å². The summed E-state index contributed by atoms with van der Waals surface area (Å²) < 4.78 is 10.9. The Morgan fingerprint density at radius 2 is 2.00 bits per heavy atom. The Morgan fingerprint density at radius 1 is 1.24 bits per heavy atom. The number of ether oxygens (including phenoxy) is 1. The van der Waals surface area contributed by atoms with Gasteiger partial charge in [0.25, 0.3) is 5.91 Å². The summed E-state index contributed by atoms with van der Waals surface area (Å²) in [7, 11) is 1.55. The Hall–Kier alpha value is -3.69. The number of tetrazole rings is 1. The van der Waals surface area contributed by atoms with Crippen LogP contribution in [0.1, 0.15) is 46.3 Å². The fraction of sp³-hybridized carbons (Fsp3) is 0.458. The highest BCUT2D eigenvalue weighted by Gasteiger charge is 2.33. The number of hydrogen-bond donors (Lipinski definition) is 1. The third-order valence-corrected chi connectivity index (χ3v) is 4.97. The molecule has 0 fully saturated rings. The monoisotopic (exact) mass is 468 g/mol. The van der Waals surface area contributed by atoms with Gasteiger partial charge in [-0.15, -0.1) is 10.2 Å². The number of nitrogens with one attached hydrogen (secondary N) is 1. The van der Waals surface area contributed by atoms with E-state index in [4.69, 9.17) is 9.15 Å². The van der Waals surface area contributed by atoms with Crippen LogP contribution in [0.4, 0.5) is 5.69 Å². The largest absolute Gasteiger partial charge is 0.497 e. The maximum atomic E-state index is 13.6. The number of rotatable bonds is 9. The van der Waals surface area contributed by atoms with Gasteiger partial charge in [0, 0.05) is 17.3 Å². The molecule has 0 radical (unpaired) electrons. The number of anilines is 1. The number of amides is 2. The highest BCUT2D eigenvalue weighted by atomic mass is 16.5. The van der Waals surface area contributed by atoms with Crippen molar-refractivity contribution in [2.75, 3.05) is 12.0 Å². The van der Waals surface area contributed by atoms with Gasteiger partial charge in [-0.1, -0.05) is 19.4 Å². The molecular weight excluding hydrogens is 436 g/mol. The lowest BCUT2D eigenvalue weighted by molar-refractivity contribution is -0.128. The fourth-order valence-corrected chi connectivity index (χ4v) is 3.52. The van der Waals surface area contributed by atoms with Crippen molar-refractivity contribution in [2.45, 2.75) is 65.6 Å². The average Bonchev–Trinajstić information content (AvgIpc) is 3.41. The number of methoxy groups -OCH3 is 1. The molecule has 2 aromatic heterocycles. The van der Waals surface area contributed by atoms with Crippen molar-refractivity contribution in [2.24, 2.45) is 0 Å². The maximum absolute atomic E-state index is 13.6. The molecule has 1 N–H and O–H groups in total. The highest BCUT2D eigenvalue weighted by Crippen LogP contribution is 2.26. The van der Waals surface area contributed by atoms with E-state index in [2.05, 4.69) is 20.7 Å². The molecule has 0 bridgehead atoms. The predicted octanol–water partition coefficient (Wildman–Crippen LogP) is 3.37. The molecule has 2 amide bonds. The smallest absolute Gasteiger partial charge is 0.251 e. The van der Waals surface area contributed by atoms with Gasteiger partial charge in [0.1, 0.15) is 24.1 Å². The summed E-state index contributed by atoms with van der Waals surface area (Å²) >= 11 is 0. The average molecular weight is 469 g/mol. The van der Waals surface area contributed by atoms with Crippen LogP contribution in [0.15, 0.2) is 40.8 Å². The van der Waals surface area contributed by atoms with Crippen molar-refractivity contribution in [3.05, 3.63) is 42.2 Å². The van der Waals surface area contributed by atoms with E-state index in [1.54, 1.807) is 43.5 Å². The minimum absolute atomic E-state index is 0.201. The van der Waals surface area contributed by atoms with Crippen LogP contribution < -0.4 is 15.0 Å². The summed E-state index contributed by atoms with van der Waals surface area (Å²) in [6.07, 6.45) is 1.19. The first-order chi connectivity index (χ1) is 16.1. The van der Waals surface area contributed by atoms with Gasteiger partial charge < -0.3 is 14.5 Å². The number of aromatic nitrogens is 4. The number of carbonyl (C=O) groups excluding carboxylic acids is 2. The third kappa shape index (κ3) is 6.21. The molecule has 3 aromatic rings. The topological polar surface area (TPSA) is 115 Å². The first kappa shape index (κ1) is 24.9. The molecule has 182 valence electrons. The lowest BCUT2D eigenvalue weighted by Gasteiger charge is -2.33. The SMILES string of the molecule is CCCC(C(=O)NC(C)(C)C)N(C(=O)Cn1nnc(-c2ccc(C)o2)n1)c1cccc(OC)c1. The van der Waals surface area contributed by atoms with Crippen molar-refractivity contribution in [1.29, 1.82) is 0 Å². The van der Waals surface area contributed by atoms with Crippen LogP contribution in [0, 0.1) is 6.92 Å². The molecule has 1 atom stereocenters. The molecule has 0 aliphatic heterocycles. The zero-order valence-electron chi connectivity index (χ0n) is 20.5. The summed E-state index contributed by atoms with van der Waals surface area (Å²) in [6, 6.07) is 9.90. The number of furan rings is 1. The van der Waals surface area contributed by atoms with Crippen LogP contribution in [0.2, 0.25) is 0 Å². The van der Waals surface area contributed by atoms with E-state index in [1.165, 1.54) is 9.70 Å². The van der Waals surface area contributed by atoms with E-state index >= 15 is 0 Å². The number of aryl methyl sites for hydroxylation is 1. The van der Waals surface area contributed by atoms with Gasteiger partial charge in [0.15, 0.2) is 5.76 Å². The van der Waals surface area contributed by atoms with E-state index in [0.29, 0.717) is 30.0 Å². The summed E-state index contributed by atoms with van der Waals surface area (Å²) in [5.74, 6) is 1.47. The minimum Gasteiger partial charge on any atom is -0.497 e. The Bertz CT molecular complexity index is 1130. The van der Waals surface area contributed by atoms with Crippen LogP contribution in [0.5, 0.6) is 5.75 Å². The van der Waals surface area contributed by atoms with E-state index in [-0.39, 0.29) is 24.2 Å². The molecule has 1 aromatic carbocycles. The maximum Gasteiger partial charge on any atom is 0.251 e. The standard InChI is InChI=1S/C24H32N6O4/c1-7-9-19(23(32)25-24(3,4)5)30(17-10-8-11-18(14-17)33-6)21(31)15-29-27-22(26-28-29)20-13-12-16(2)34-20/h8,10-14,19H,7,9,15H2,1-6H3,(H,25,32). The normalized spacial score (nSPS) is 12.3. The molecule has 10 nitrogen and oxygen atoms in total. The number of carbonyl (C=O) groups is 2. The number of nitrogens with zero attached hydrogens (tertiary/aromatic N) is 5. The van der Waals surface area contributed by atoms with Crippen molar-refractivity contribution in [3.8, 4) is 17.3 Å². The van der Waals surface area contributed by atoms with Gasteiger partial charge in [-0.2, -0.15) is 4.80 Å². The van der Waals surface area contributed by atoms with E-state index in [1.807, 2.05) is 34.6 Å². The lowest BCUT2D eigenvalue weighted by Crippen LogP contribution is -2.54. The second-order valence-electron chi connectivity index (χ2n) is 9.06. The summed E-state index contributed by atoms with van der Waals surface area (Å²) in [6.45, 7) is 9.31. The van der Waals surface area contributed by atoms with Crippen LogP contribution in [0.25, 0.3) is 11.6 Å². The molecule has 3 rings (SSSR count). The highest BCUT2D eigenvalue weighted by molar-refractivity contribution is 6.00. The third-order valence-electron chi connectivity index (χ3n) is 4.97. The van der Waals surface area contributed by atoms with E-state index in [9.17, 15) is 9.59 Å². The molecule has 0 saturated heterocycles.